The topological polar surface area (TPSA) is 25.2 Å². The molecule has 0 fully saturated rings. The molecule has 0 bridgehead atoms. The molecule has 0 aromatic carbocycles. The Labute approximate surface area is 83.6 Å². The molecule has 1 aromatic heterocycles. The Bertz CT molecular complexity index is 256. The van der Waals surface area contributed by atoms with Crippen LogP contribution in [0.2, 0.25) is 0 Å². The van der Waals surface area contributed by atoms with Gasteiger partial charge in [-0.2, -0.15) is 0 Å². The number of nitrogens with one attached hydrogen (secondary N) is 1. The summed E-state index contributed by atoms with van der Waals surface area (Å²) in [6.45, 7) is 6.33. The highest BCUT2D eigenvalue weighted by Crippen LogP contribution is 2.04. The highest BCUT2D eigenvalue weighted by Gasteiger charge is 2.04. The van der Waals surface area contributed by atoms with Gasteiger partial charge in [-0.1, -0.05) is 18.2 Å². The Balaban J connectivity index is 2.25. The first-order chi connectivity index (χ1) is 6.18. The van der Waals surface area contributed by atoms with Crippen LogP contribution in [0.3, 0.4) is 0 Å². The largest absolute Gasteiger partial charge is 0.469 e. The van der Waals surface area contributed by atoms with Crippen molar-refractivity contribution in [2.24, 2.45) is 0 Å². The first-order valence-corrected chi connectivity index (χ1v) is 4.65. The summed E-state index contributed by atoms with van der Waals surface area (Å²) in [5.74, 6) is 0.986. The molecule has 0 saturated carbocycles. The van der Waals surface area contributed by atoms with E-state index in [9.17, 15) is 0 Å². The monoisotopic (exact) mass is 199 g/mol. The second-order valence-electron chi connectivity index (χ2n) is 3.08. The van der Waals surface area contributed by atoms with Gasteiger partial charge in [0.25, 0.3) is 0 Å². The Morgan fingerprint density at radius 1 is 1.77 bits per heavy atom. The highest BCUT2D eigenvalue weighted by atomic mass is 35.5. The number of rotatable bonds is 5. The molecule has 0 amide bonds. The molecule has 1 rings (SSSR count). The fourth-order valence-corrected chi connectivity index (χ4v) is 1.16. The van der Waals surface area contributed by atoms with Gasteiger partial charge in [0.15, 0.2) is 0 Å². The molecular weight excluding hydrogens is 186 g/mol. The minimum atomic E-state index is 0.349. The average molecular weight is 200 g/mol. The Kier molecular flexibility index (Phi) is 4.06. The maximum atomic E-state index is 5.62. The van der Waals surface area contributed by atoms with Crippen molar-refractivity contribution >= 4 is 11.6 Å². The van der Waals surface area contributed by atoms with E-state index in [4.69, 9.17) is 16.0 Å². The van der Waals surface area contributed by atoms with E-state index >= 15 is 0 Å². The molecule has 0 aliphatic rings. The third kappa shape index (κ3) is 4.15. The number of hydrogen-bond donors (Lipinski definition) is 1. The van der Waals surface area contributed by atoms with E-state index in [0.29, 0.717) is 17.6 Å². The lowest BCUT2D eigenvalue weighted by Crippen LogP contribution is -2.28. The number of furan rings is 1. The maximum Gasteiger partial charge on any atom is 0.105 e. The SMILES string of the molecule is C=C(Cl)CNC(C)Cc1ccco1. The van der Waals surface area contributed by atoms with Gasteiger partial charge in [-0.05, 0) is 19.1 Å². The van der Waals surface area contributed by atoms with Gasteiger partial charge in [-0.3, -0.25) is 0 Å². The van der Waals surface area contributed by atoms with Gasteiger partial charge in [0.1, 0.15) is 5.76 Å². The van der Waals surface area contributed by atoms with Gasteiger partial charge in [-0.15, -0.1) is 0 Å². The molecule has 13 heavy (non-hydrogen) atoms. The molecule has 0 aliphatic carbocycles. The van der Waals surface area contributed by atoms with Crippen molar-refractivity contribution in [3.8, 4) is 0 Å². The molecule has 0 radical (unpaired) electrons. The summed E-state index contributed by atoms with van der Waals surface area (Å²) in [6, 6.07) is 4.21. The van der Waals surface area contributed by atoms with Gasteiger partial charge < -0.3 is 9.73 Å². The summed E-state index contributed by atoms with van der Waals surface area (Å²) >= 11 is 5.62. The minimum Gasteiger partial charge on any atom is -0.469 e. The number of hydrogen-bond acceptors (Lipinski definition) is 2. The van der Waals surface area contributed by atoms with Crippen molar-refractivity contribution in [3.05, 3.63) is 35.8 Å². The number of halogens is 1. The van der Waals surface area contributed by atoms with E-state index in [0.717, 1.165) is 12.2 Å². The predicted molar refractivity (Wildman–Crippen MR) is 54.9 cm³/mol. The van der Waals surface area contributed by atoms with Crippen LogP contribution in [0.15, 0.2) is 34.4 Å². The van der Waals surface area contributed by atoms with E-state index in [1.54, 1.807) is 6.26 Å². The molecular formula is C10H14ClNO. The van der Waals surface area contributed by atoms with Crippen molar-refractivity contribution in [1.29, 1.82) is 0 Å². The lowest BCUT2D eigenvalue weighted by atomic mass is 10.2. The van der Waals surface area contributed by atoms with Crippen LogP contribution >= 0.6 is 11.6 Å². The highest BCUT2D eigenvalue weighted by molar-refractivity contribution is 6.29. The molecule has 1 atom stereocenters. The molecule has 1 unspecified atom stereocenters. The first-order valence-electron chi connectivity index (χ1n) is 4.27. The molecule has 1 N–H and O–H groups in total. The second-order valence-corrected chi connectivity index (χ2v) is 3.62. The van der Waals surface area contributed by atoms with Crippen molar-refractivity contribution in [2.45, 2.75) is 19.4 Å². The molecule has 1 heterocycles. The predicted octanol–water partition coefficient (Wildman–Crippen LogP) is 2.55. The zero-order chi connectivity index (χ0) is 9.68. The van der Waals surface area contributed by atoms with Crippen LogP contribution in [-0.2, 0) is 6.42 Å². The fraction of sp³-hybridized carbons (Fsp3) is 0.400. The summed E-state index contributed by atoms with van der Waals surface area (Å²) in [5.41, 5.74) is 0. The summed E-state index contributed by atoms with van der Waals surface area (Å²) < 4.78 is 5.22. The quantitative estimate of drug-likeness (QED) is 0.789. The average Bonchev–Trinajstić information content (AvgIpc) is 2.53. The van der Waals surface area contributed by atoms with Crippen LogP contribution < -0.4 is 5.32 Å². The standard InChI is InChI=1S/C10H14ClNO/c1-8(11)7-12-9(2)6-10-4-3-5-13-10/h3-5,9,12H,1,6-7H2,2H3. The zero-order valence-corrected chi connectivity index (χ0v) is 8.47. The summed E-state index contributed by atoms with van der Waals surface area (Å²) in [5, 5.41) is 3.86. The molecule has 2 nitrogen and oxygen atoms in total. The van der Waals surface area contributed by atoms with E-state index in [1.165, 1.54) is 0 Å². The second kappa shape index (κ2) is 5.10. The van der Waals surface area contributed by atoms with E-state index in [2.05, 4.69) is 18.8 Å². The van der Waals surface area contributed by atoms with Crippen molar-refractivity contribution in [1.82, 2.24) is 5.32 Å². The maximum absolute atomic E-state index is 5.62. The zero-order valence-electron chi connectivity index (χ0n) is 7.72. The van der Waals surface area contributed by atoms with Gasteiger partial charge in [0.2, 0.25) is 0 Å². The van der Waals surface area contributed by atoms with Crippen LogP contribution in [0.4, 0.5) is 0 Å². The fourth-order valence-electron chi connectivity index (χ4n) is 1.09. The van der Waals surface area contributed by atoms with E-state index in [1.807, 2.05) is 12.1 Å². The lowest BCUT2D eigenvalue weighted by molar-refractivity contribution is 0.466. The van der Waals surface area contributed by atoms with E-state index in [-0.39, 0.29) is 0 Å². The molecule has 0 aliphatic heterocycles. The Morgan fingerprint density at radius 3 is 3.08 bits per heavy atom. The lowest BCUT2D eigenvalue weighted by Gasteiger charge is -2.10. The van der Waals surface area contributed by atoms with E-state index < -0.39 is 0 Å². The van der Waals surface area contributed by atoms with Gasteiger partial charge in [0.05, 0.1) is 6.26 Å². The van der Waals surface area contributed by atoms with Crippen molar-refractivity contribution in [3.63, 3.8) is 0 Å². The molecule has 3 heteroatoms. The smallest absolute Gasteiger partial charge is 0.105 e. The van der Waals surface area contributed by atoms with Gasteiger partial charge in [-0.25, -0.2) is 0 Å². The Morgan fingerprint density at radius 2 is 2.54 bits per heavy atom. The van der Waals surface area contributed by atoms with Crippen LogP contribution in [-0.4, -0.2) is 12.6 Å². The summed E-state index contributed by atoms with van der Waals surface area (Å²) in [6.07, 6.45) is 2.56. The third-order valence-corrected chi connectivity index (χ3v) is 1.86. The van der Waals surface area contributed by atoms with Gasteiger partial charge in [0, 0.05) is 24.0 Å². The molecule has 0 saturated heterocycles. The molecule has 0 spiro atoms. The van der Waals surface area contributed by atoms with Crippen LogP contribution in [0.5, 0.6) is 0 Å². The first kappa shape index (κ1) is 10.4. The van der Waals surface area contributed by atoms with Crippen molar-refractivity contribution < 1.29 is 4.42 Å². The van der Waals surface area contributed by atoms with Crippen LogP contribution in [0, 0.1) is 0 Å². The van der Waals surface area contributed by atoms with Gasteiger partial charge >= 0.3 is 0 Å². The summed E-state index contributed by atoms with van der Waals surface area (Å²) in [7, 11) is 0. The normalized spacial score (nSPS) is 12.8. The third-order valence-electron chi connectivity index (χ3n) is 1.73. The molecule has 1 aromatic rings. The van der Waals surface area contributed by atoms with Crippen LogP contribution in [0.25, 0.3) is 0 Å². The summed E-state index contributed by atoms with van der Waals surface area (Å²) in [4.78, 5) is 0. The van der Waals surface area contributed by atoms with Crippen molar-refractivity contribution in [2.75, 3.05) is 6.54 Å². The molecule has 72 valence electrons. The van der Waals surface area contributed by atoms with Crippen LogP contribution in [0.1, 0.15) is 12.7 Å². The minimum absolute atomic E-state index is 0.349. The Hall–Kier alpha value is -0.730.